The molecule has 1 aromatic rings. The Balaban J connectivity index is 2.33. The first kappa shape index (κ1) is 17.5. The fraction of sp³-hybridized carbons (Fsp3) is 0.500. The smallest absolute Gasteiger partial charge is 0.277 e. The number of unbranched alkanes of at least 4 members (excludes halogenated alkanes) is 2. The van der Waals surface area contributed by atoms with Crippen LogP contribution in [0.1, 0.15) is 45.1 Å². The second kappa shape index (κ2) is 9.40. The van der Waals surface area contributed by atoms with Gasteiger partial charge in [0.2, 0.25) is 0 Å². The monoisotopic (exact) mass is 310 g/mol. The van der Waals surface area contributed by atoms with Crippen molar-refractivity contribution in [2.24, 2.45) is 5.10 Å². The molecule has 1 rings (SSSR count). The maximum Gasteiger partial charge on any atom is 0.277 e. The summed E-state index contributed by atoms with van der Waals surface area (Å²) in [7, 11) is 0. The lowest BCUT2D eigenvalue weighted by Gasteiger charge is -2.07. The van der Waals surface area contributed by atoms with Crippen LogP contribution >= 0.6 is 11.6 Å². The Hall–Kier alpha value is -1.55. The summed E-state index contributed by atoms with van der Waals surface area (Å²) in [6.45, 7) is 5.90. The van der Waals surface area contributed by atoms with Crippen molar-refractivity contribution in [2.75, 3.05) is 6.61 Å². The third-order valence-electron chi connectivity index (χ3n) is 3.01. The highest BCUT2D eigenvalue weighted by Gasteiger charge is 2.03. The third kappa shape index (κ3) is 7.14. The number of nitrogens with one attached hydrogen (secondary N) is 1. The minimum atomic E-state index is -0.266. The van der Waals surface area contributed by atoms with E-state index in [1.165, 1.54) is 12.8 Å². The molecule has 0 radical (unpaired) electrons. The highest BCUT2D eigenvalue weighted by atomic mass is 35.5. The van der Waals surface area contributed by atoms with Gasteiger partial charge in [-0.3, -0.25) is 4.79 Å². The molecule has 0 spiro atoms. The lowest BCUT2D eigenvalue weighted by atomic mass is 10.1. The molecule has 0 atom stereocenters. The minimum absolute atomic E-state index is 0.0627. The van der Waals surface area contributed by atoms with Crippen LogP contribution in [0.4, 0.5) is 0 Å². The van der Waals surface area contributed by atoms with Crippen LogP contribution in [0, 0.1) is 6.92 Å². The molecule has 5 heteroatoms. The van der Waals surface area contributed by atoms with E-state index in [1.54, 1.807) is 18.2 Å². The third-order valence-corrected chi connectivity index (χ3v) is 3.44. The summed E-state index contributed by atoms with van der Waals surface area (Å²) in [5.41, 5.74) is 4.35. The fourth-order valence-electron chi connectivity index (χ4n) is 1.73. The van der Waals surface area contributed by atoms with Gasteiger partial charge in [0.15, 0.2) is 6.61 Å². The summed E-state index contributed by atoms with van der Waals surface area (Å²) in [6.07, 6.45) is 4.36. The molecule has 116 valence electrons. The van der Waals surface area contributed by atoms with Crippen LogP contribution < -0.4 is 10.2 Å². The molecule has 0 saturated carbocycles. The molecule has 0 aromatic heterocycles. The first-order chi connectivity index (χ1) is 10.0. The van der Waals surface area contributed by atoms with Crippen molar-refractivity contribution in [2.45, 2.75) is 46.5 Å². The van der Waals surface area contributed by atoms with E-state index in [1.807, 2.05) is 13.8 Å². The van der Waals surface area contributed by atoms with Crippen molar-refractivity contribution in [3.05, 3.63) is 28.8 Å². The van der Waals surface area contributed by atoms with Gasteiger partial charge in [-0.25, -0.2) is 5.43 Å². The molecule has 0 unspecified atom stereocenters. The van der Waals surface area contributed by atoms with Crippen LogP contribution in [0.5, 0.6) is 5.75 Å². The van der Waals surface area contributed by atoms with E-state index in [0.29, 0.717) is 10.8 Å². The number of hydrazone groups is 1. The summed E-state index contributed by atoms with van der Waals surface area (Å²) in [5.74, 6) is 0.355. The molecule has 0 aliphatic heterocycles. The van der Waals surface area contributed by atoms with Crippen molar-refractivity contribution in [1.82, 2.24) is 5.43 Å². The van der Waals surface area contributed by atoms with Crippen molar-refractivity contribution < 1.29 is 9.53 Å². The molecule has 0 saturated heterocycles. The van der Waals surface area contributed by atoms with E-state index in [9.17, 15) is 4.79 Å². The SMILES string of the molecule is CCCCC/C(C)=N/NC(=O)COc1ccc(Cl)c(C)c1. The molecule has 0 heterocycles. The lowest BCUT2D eigenvalue weighted by molar-refractivity contribution is -0.123. The van der Waals surface area contributed by atoms with E-state index >= 15 is 0 Å². The van der Waals surface area contributed by atoms with Crippen LogP contribution in [0.3, 0.4) is 0 Å². The van der Waals surface area contributed by atoms with E-state index < -0.39 is 0 Å². The number of hydrogen-bond acceptors (Lipinski definition) is 3. The molecule has 21 heavy (non-hydrogen) atoms. The van der Waals surface area contributed by atoms with Crippen molar-refractivity contribution >= 4 is 23.2 Å². The quantitative estimate of drug-likeness (QED) is 0.446. The van der Waals surface area contributed by atoms with Gasteiger partial charge in [0, 0.05) is 10.7 Å². The average Bonchev–Trinajstić information content (AvgIpc) is 2.46. The summed E-state index contributed by atoms with van der Waals surface area (Å²) >= 11 is 5.93. The number of halogens is 1. The molecule has 0 aliphatic rings. The molecule has 1 aromatic carbocycles. The van der Waals surface area contributed by atoms with Gasteiger partial charge in [0.25, 0.3) is 5.91 Å². The topological polar surface area (TPSA) is 50.7 Å². The summed E-state index contributed by atoms with van der Waals surface area (Å²) in [4.78, 5) is 11.6. The highest BCUT2D eigenvalue weighted by Crippen LogP contribution is 2.20. The molecular formula is C16H23ClN2O2. The molecule has 0 aliphatic carbocycles. The zero-order valence-electron chi connectivity index (χ0n) is 12.9. The second-order valence-corrected chi connectivity index (χ2v) is 5.45. The molecule has 1 amide bonds. The van der Waals surface area contributed by atoms with Crippen LogP contribution in [0.25, 0.3) is 0 Å². The van der Waals surface area contributed by atoms with Crippen LogP contribution in [-0.2, 0) is 4.79 Å². The van der Waals surface area contributed by atoms with E-state index in [-0.39, 0.29) is 12.5 Å². The first-order valence-electron chi connectivity index (χ1n) is 7.24. The van der Waals surface area contributed by atoms with E-state index in [4.69, 9.17) is 16.3 Å². The number of aryl methyl sites for hydroxylation is 1. The zero-order chi connectivity index (χ0) is 15.7. The average molecular weight is 311 g/mol. The summed E-state index contributed by atoms with van der Waals surface area (Å²) in [5, 5.41) is 4.74. The molecule has 0 fully saturated rings. The maximum absolute atomic E-state index is 11.6. The first-order valence-corrected chi connectivity index (χ1v) is 7.61. The Morgan fingerprint density at radius 3 is 2.81 bits per heavy atom. The van der Waals surface area contributed by atoms with Crippen molar-refractivity contribution in [1.29, 1.82) is 0 Å². The Morgan fingerprint density at radius 2 is 2.14 bits per heavy atom. The number of rotatable bonds is 8. The number of amides is 1. The predicted molar refractivity (Wildman–Crippen MR) is 87.1 cm³/mol. The molecule has 0 bridgehead atoms. The molecule has 1 N–H and O–H groups in total. The lowest BCUT2D eigenvalue weighted by Crippen LogP contribution is -2.25. The van der Waals surface area contributed by atoms with Gasteiger partial charge in [0.05, 0.1) is 0 Å². The van der Waals surface area contributed by atoms with Crippen molar-refractivity contribution in [3.8, 4) is 5.75 Å². The largest absolute Gasteiger partial charge is 0.484 e. The minimum Gasteiger partial charge on any atom is -0.484 e. The second-order valence-electron chi connectivity index (χ2n) is 5.04. The van der Waals surface area contributed by atoms with Gasteiger partial charge in [-0.05, 0) is 50.5 Å². The Morgan fingerprint density at radius 1 is 1.38 bits per heavy atom. The van der Waals surface area contributed by atoms with Crippen LogP contribution in [-0.4, -0.2) is 18.2 Å². The number of nitrogens with zero attached hydrogens (tertiary/aromatic N) is 1. The predicted octanol–water partition coefficient (Wildman–Crippen LogP) is 4.10. The number of benzene rings is 1. The van der Waals surface area contributed by atoms with Gasteiger partial charge in [0.1, 0.15) is 5.75 Å². The van der Waals surface area contributed by atoms with E-state index in [0.717, 1.165) is 24.1 Å². The number of ether oxygens (including phenoxy) is 1. The molecular weight excluding hydrogens is 288 g/mol. The van der Waals surface area contributed by atoms with Gasteiger partial charge in [-0.15, -0.1) is 0 Å². The number of hydrogen-bond donors (Lipinski definition) is 1. The Labute approximate surface area is 131 Å². The molecule has 4 nitrogen and oxygen atoms in total. The van der Waals surface area contributed by atoms with Gasteiger partial charge >= 0.3 is 0 Å². The van der Waals surface area contributed by atoms with E-state index in [2.05, 4.69) is 17.5 Å². The zero-order valence-corrected chi connectivity index (χ0v) is 13.7. The number of carbonyl (C=O) groups excluding carboxylic acids is 1. The standard InChI is InChI=1S/C16H23ClN2O2/c1-4-5-6-7-13(3)18-19-16(20)11-21-14-8-9-15(17)12(2)10-14/h8-10H,4-7,11H2,1-3H3,(H,19,20)/b18-13+. The fourth-order valence-corrected chi connectivity index (χ4v) is 1.85. The summed E-state index contributed by atoms with van der Waals surface area (Å²) < 4.78 is 5.39. The Kier molecular flexibility index (Phi) is 7.83. The highest BCUT2D eigenvalue weighted by molar-refractivity contribution is 6.31. The van der Waals surface area contributed by atoms with Crippen LogP contribution in [0.2, 0.25) is 5.02 Å². The van der Waals surface area contributed by atoms with Gasteiger partial charge in [-0.1, -0.05) is 31.4 Å². The van der Waals surface area contributed by atoms with Gasteiger partial charge in [-0.2, -0.15) is 5.10 Å². The normalized spacial score (nSPS) is 11.3. The number of carbonyl (C=O) groups is 1. The summed E-state index contributed by atoms with van der Waals surface area (Å²) in [6, 6.07) is 5.29. The van der Waals surface area contributed by atoms with Crippen LogP contribution in [0.15, 0.2) is 23.3 Å². The van der Waals surface area contributed by atoms with Crippen molar-refractivity contribution in [3.63, 3.8) is 0 Å². The maximum atomic E-state index is 11.6. The van der Waals surface area contributed by atoms with Gasteiger partial charge < -0.3 is 4.74 Å². The Bertz CT molecular complexity index is 501.